The minimum absolute atomic E-state index is 0. The first-order valence-electron chi connectivity index (χ1n) is 2.57. The molecule has 0 fully saturated rings. The Morgan fingerprint density at radius 2 is 2.40 bits per heavy atom. The van der Waals surface area contributed by atoms with Gasteiger partial charge in [-0.15, -0.1) is 0 Å². The van der Waals surface area contributed by atoms with E-state index >= 15 is 0 Å². The minimum atomic E-state index is -0.497. The Morgan fingerprint density at radius 3 is 2.80 bits per heavy atom. The minimum Gasteiger partial charge on any atom is -0.367 e. The zero-order valence-corrected chi connectivity index (χ0v) is 8.77. The molecule has 10 heavy (non-hydrogen) atoms. The summed E-state index contributed by atoms with van der Waals surface area (Å²) in [6.45, 7) is 4.09. The number of hydrogen-bond acceptors (Lipinski definition) is 4. The van der Waals surface area contributed by atoms with Gasteiger partial charge in [0.05, 0.1) is 0 Å². The fourth-order valence-electron chi connectivity index (χ4n) is 0.223. The van der Waals surface area contributed by atoms with E-state index in [1.807, 2.05) is 0 Å². The Labute approximate surface area is 72.5 Å². The second-order valence-corrected chi connectivity index (χ2v) is 1.31. The van der Waals surface area contributed by atoms with Gasteiger partial charge in [-0.3, -0.25) is 0 Å². The number of hydrogen-bond donors (Lipinski definition) is 2. The van der Waals surface area contributed by atoms with Crippen molar-refractivity contribution in [2.75, 3.05) is 13.1 Å². The zero-order chi connectivity index (χ0) is 7.11. The monoisotopic (exact) mass is 194 g/mol. The maximum atomic E-state index is 10.2. The van der Waals surface area contributed by atoms with Crippen LogP contribution in [0, 0.1) is 0 Å². The third kappa shape index (κ3) is 7.75. The summed E-state index contributed by atoms with van der Waals surface area (Å²) in [5, 5.41) is 0. The van der Waals surface area contributed by atoms with Gasteiger partial charge in [-0.1, -0.05) is 6.58 Å². The fourth-order valence-corrected chi connectivity index (χ4v) is 0.223. The van der Waals surface area contributed by atoms with Crippen LogP contribution in [0.2, 0.25) is 0 Å². The molecule has 0 unspecified atom stereocenters. The van der Waals surface area contributed by atoms with E-state index in [1.165, 1.54) is 0 Å². The maximum Gasteiger partial charge on any atom is 0.348 e. The van der Waals surface area contributed by atoms with Crippen molar-refractivity contribution >= 4 is 5.97 Å². The Kier molecular flexibility index (Phi) is 10.9. The van der Waals surface area contributed by atoms with E-state index in [4.69, 9.17) is 5.73 Å². The normalized spacial score (nSPS) is 7.70. The second-order valence-electron chi connectivity index (χ2n) is 1.31. The van der Waals surface area contributed by atoms with Gasteiger partial charge in [0.1, 0.15) is 0 Å². The van der Waals surface area contributed by atoms with E-state index in [0.717, 1.165) is 6.08 Å². The predicted octanol–water partition coefficient (Wildman–Crippen LogP) is -0.824. The van der Waals surface area contributed by atoms with Crippen LogP contribution in [0.1, 0.15) is 0 Å². The Balaban J connectivity index is 0. The van der Waals surface area contributed by atoms with Gasteiger partial charge in [-0.2, -0.15) is 5.48 Å². The van der Waals surface area contributed by atoms with Gasteiger partial charge in [0.25, 0.3) is 0 Å². The number of nitrogens with two attached hydrogens (primary N) is 1. The third-order valence-corrected chi connectivity index (χ3v) is 0.586. The van der Waals surface area contributed by atoms with Crippen LogP contribution < -0.4 is 11.2 Å². The molecule has 0 heterocycles. The molecule has 5 heteroatoms. The van der Waals surface area contributed by atoms with Crippen molar-refractivity contribution in [1.29, 1.82) is 0 Å². The van der Waals surface area contributed by atoms with Crippen LogP contribution in [0.5, 0.6) is 0 Å². The first kappa shape index (κ1) is 12.4. The predicted molar refractivity (Wildman–Crippen MR) is 33.3 cm³/mol. The molecule has 54 valence electrons. The first-order chi connectivity index (χ1) is 4.31. The van der Waals surface area contributed by atoms with E-state index in [1.54, 1.807) is 0 Å². The van der Waals surface area contributed by atoms with Crippen molar-refractivity contribution in [2.24, 2.45) is 5.73 Å². The molecule has 0 aliphatic heterocycles. The average Bonchev–Trinajstić information content (AvgIpc) is 1.89. The molecule has 0 rings (SSSR count). The molecule has 0 aromatic rings. The van der Waals surface area contributed by atoms with Crippen LogP contribution in [0.3, 0.4) is 0 Å². The van der Waals surface area contributed by atoms with Gasteiger partial charge in [0.15, 0.2) is 0 Å². The second kappa shape index (κ2) is 8.75. The summed E-state index contributed by atoms with van der Waals surface area (Å²) in [5.74, 6) is -0.497. The summed E-state index contributed by atoms with van der Waals surface area (Å²) in [5.41, 5.74) is 7.42. The summed E-state index contributed by atoms with van der Waals surface area (Å²) < 4.78 is 0. The largest absolute Gasteiger partial charge is 0.367 e. The Bertz CT molecular complexity index is 108. The van der Waals surface area contributed by atoms with Gasteiger partial charge in [-0.05, 0) is 0 Å². The number of carbonyl (C=O) groups is 1. The van der Waals surface area contributed by atoms with Crippen molar-refractivity contribution in [3.05, 3.63) is 12.7 Å². The molecule has 0 amide bonds. The Hall–Kier alpha value is -0.247. The average molecular weight is 196 g/mol. The van der Waals surface area contributed by atoms with Crippen LogP contribution in [0.15, 0.2) is 12.7 Å². The molecule has 0 radical (unpaired) electrons. The van der Waals surface area contributed by atoms with Crippen molar-refractivity contribution in [1.82, 2.24) is 5.48 Å². The third-order valence-electron chi connectivity index (χ3n) is 0.586. The van der Waals surface area contributed by atoms with E-state index in [-0.39, 0.29) is 19.5 Å². The van der Waals surface area contributed by atoms with Gasteiger partial charge in [-0.25, -0.2) is 4.79 Å². The van der Waals surface area contributed by atoms with Gasteiger partial charge in [0.2, 0.25) is 0 Å². The summed E-state index contributed by atoms with van der Waals surface area (Å²) in [6.07, 6.45) is 1.07. The number of carbonyl (C=O) groups excluding carboxylic acids is 1. The number of hydroxylamine groups is 1. The van der Waals surface area contributed by atoms with Crippen molar-refractivity contribution in [2.45, 2.75) is 0 Å². The standard InChI is InChI=1S/C5H10N2O2.Zn/c1-2-5(8)9-7-4-3-6;/h2,7H,1,3-4,6H2;. The van der Waals surface area contributed by atoms with Gasteiger partial charge >= 0.3 is 5.97 Å². The van der Waals surface area contributed by atoms with Crippen molar-refractivity contribution < 1.29 is 29.1 Å². The molecule has 0 aromatic heterocycles. The molecule has 0 saturated carbocycles. The molecule has 0 spiro atoms. The number of nitrogens with one attached hydrogen (secondary N) is 1. The first-order valence-corrected chi connectivity index (χ1v) is 2.57. The van der Waals surface area contributed by atoms with Gasteiger partial charge < -0.3 is 10.6 Å². The van der Waals surface area contributed by atoms with Crippen LogP contribution in [0.25, 0.3) is 0 Å². The van der Waals surface area contributed by atoms with Crippen LogP contribution in [0.4, 0.5) is 0 Å². The van der Waals surface area contributed by atoms with E-state index < -0.39 is 5.97 Å². The maximum absolute atomic E-state index is 10.2. The molecule has 0 aliphatic rings. The molecule has 0 bridgehead atoms. The van der Waals surface area contributed by atoms with Crippen LogP contribution in [-0.2, 0) is 29.1 Å². The topological polar surface area (TPSA) is 64.3 Å². The van der Waals surface area contributed by atoms with E-state index in [0.29, 0.717) is 13.1 Å². The SMILES string of the molecule is C=CC(=O)ONCCN.[Zn]. The smallest absolute Gasteiger partial charge is 0.348 e. The fraction of sp³-hybridized carbons (Fsp3) is 0.400. The van der Waals surface area contributed by atoms with Crippen LogP contribution >= 0.6 is 0 Å². The van der Waals surface area contributed by atoms with Crippen LogP contribution in [-0.4, -0.2) is 19.1 Å². The quantitative estimate of drug-likeness (QED) is 0.266. The molecule has 0 aliphatic carbocycles. The Morgan fingerprint density at radius 1 is 1.80 bits per heavy atom. The van der Waals surface area contributed by atoms with Crippen molar-refractivity contribution in [3.63, 3.8) is 0 Å². The molecular formula is C5H10N2O2Zn. The molecule has 3 N–H and O–H groups in total. The van der Waals surface area contributed by atoms with E-state index in [9.17, 15) is 4.79 Å². The molecule has 4 nitrogen and oxygen atoms in total. The zero-order valence-electron chi connectivity index (χ0n) is 5.80. The summed E-state index contributed by atoms with van der Waals surface area (Å²) in [7, 11) is 0. The summed E-state index contributed by atoms with van der Waals surface area (Å²) >= 11 is 0. The number of rotatable bonds is 4. The van der Waals surface area contributed by atoms with E-state index in [2.05, 4.69) is 16.9 Å². The molecule has 0 saturated heterocycles. The molecular weight excluding hydrogens is 185 g/mol. The summed E-state index contributed by atoms with van der Waals surface area (Å²) in [4.78, 5) is 14.6. The molecule has 0 aromatic carbocycles. The van der Waals surface area contributed by atoms with Gasteiger partial charge in [0, 0.05) is 38.6 Å². The molecule has 0 atom stereocenters. The summed E-state index contributed by atoms with van der Waals surface area (Å²) in [6, 6.07) is 0. The van der Waals surface area contributed by atoms with Crippen molar-refractivity contribution in [3.8, 4) is 0 Å².